The Labute approximate surface area is 146 Å². The molecule has 128 valence electrons. The molecule has 3 rings (SSSR count). The largest absolute Gasteiger partial charge is 0.347 e. The fourth-order valence-electron chi connectivity index (χ4n) is 2.88. The van der Waals surface area contributed by atoms with E-state index in [2.05, 4.69) is 27.2 Å². The zero-order valence-electron chi connectivity index (χ0n) is 14.4. The summed E-state index contributed by atoms with van der Waals surface area (Å²) in [4.78, 5) is 27.8. The van der Waals surface area contributed by atoms with Gasteiger partial charge in [0.25, 0.3) is 5.91 Å². The summed E-state index contributed by atoms with van der Waals surface area (Å²) in [6, 6.07) is -0.0335. The molecule has 1 N–H and O–H groups in total. The number of amides is 1. The molecule has 1 amide bonds. The van der Waals surface area contributed by atoms with Crippen molar-refractivity contribution in [2.45, 2.75) is 45.1 Å². The second-order valence-corrected chi connectivity index (χ2v) is 7.20. The lowest BCUT2D eigenvalue weighted by atomic mass is 9.92. The van der Waals surface area contributed by atoms with Gasteiger partial charge in [-0.05, 0) is 32.1 Å². The number of fused-ring (bicyclic) bond motifs is 1. The maximum atomic E-state index is 12.5. The summed E-state index contributed by atoms with van der Waals surface area (Å²) in [6.07, 6.45) is 6.67. The molecule has 7 heteroatoms. The summed E-state index contributed by atoms with van der Waals surface area (Å²) < 4.78 is 0. The number of thiazole rings is 1. The Hall–Kier alpha value is -2.02. The van der Waals surface area contributed by atoms with Gasteiger partial charge < -0.3 is 10.2 Å². The molecule has 1 atom stereocenters. The van der Waals surface area contributed by atoms with Crippen LogP contribution in [0.5, 0.6) is 0 Å². The topological polar surface area (TPSA) is 71.0 Å². The molecule has 0 fully saturated rings. The van der Waals surface area contributed by atoms with Crippen molar-refractivity contribution in [2.24, 2.45) is 0 Å². The third-order valence-corrected chi connectivity index (χ3v) is 5.03. The van der Waals surface area contributed by atoms with E-state index in [-0.39, 0.29) is 11.9 Å². The average Bonchev–Trinajstić information content (AvgIpc) is 3.04. The smallest absolute Gasteiger partial charge is 0.271 e. The van der Waals surface area contributed by atoms with Crippen LogP contribution >= 0.6 is 11.3 Å². The second-order valence-electron chi connectivity index (χ2n) is 6.26. The lowest BCUT2D eigenvalue weighted by molar-refractivity contribution is 0.0928. The van der Waals surface area contributed by atoms with Crippen LogP contribution in [-0.2, 0) is 12.8 Å². The van der Waals surface area contributed by atoms with Crippen molar-refractivity contribution in [3.05, 3.63) is 33.5 Å². The van der Waals surface area contributed by atoms with Crippen LogP contribution in [0.15, 0.2) is 11.6 Å². The van der Waals surface area contributed by atoms with Crippen LogP contribution in [0, 0.1) is 0 Å². The summed E-state index contributed by atoms with van der Waals surface area (Å²) >= 11 is 1.55. The number of carbonyl (C=O) groups is 1. The van der Waals surface area contributed by atoms with E-state index >= 15 is 0 Å². The van der Waals surface area contributed by atoms with Crippen molar-refractivity contribution in [3.8, 4) is 0 Å². The molecule has 2 aromatic heterocycles. The Morgan fingerprint density at radius 1 is 1.42 bits per heavy atom. The van der Waals surface area contributed by atoms with Gasteiger partial charge in [-0.25, -0.2) is 15.0 Å². The van der Waals surface area contributed by atoms with E-state index in [0.717, 1.165) is 48.4 Å². The molecule has 0 saturated heterocycles. The van der Waals surface area contributed by atoms with Gasteiger partial charge in [0.05, 0.1) is 16.7 Å². The Morgan fingerprint density at radius 3 is 3.00 bits per heavy atom. The number of carbonyl (C=O) groups excluding carboxylic acids is 1. The van der Waals surface area contributed by atoms with E-state index in [0.29, 0.717) is 11.6 Å². The van der Waals surface area contributed by atoms with Gasteiger partial charge >= 0.3 is 0 Å². The van der Waals surface area contributed by atoms with Gasteiger partial charge in [0.15, 0.2) is 0 Å². The molecule has 1 aliphatic rings. The van der Waals surface area contributed by atoms with E-state index < -0.39 is 0 Å². The summed E-state index contributed by atoms with van der Waals surface area (Å²) in [7, 11) is 3.86. The number of anilines is 1. The van der Waals surface area contributed by atoms with Crippen LogP contribution in [0.3, 0.4) is 0 Å². The number of rotatable bonds is 5. The summed E-state index contributed by atoms with van der Waals surface area (Å²) in [5.74, 6) is 0.604. The van der Waals surface area contributed by atoms with Gasteiger partial charge in [-0.2, -0.15) is 0 Å². The summed E-state index contributed by atoms with van der Waals surface area (Å²) in [5.41, 5.74) is 2.58. The predicted octanol–water partition coefficient (Wildman–Crippen LogP) is 2.76. The van der Waals surface area contributed by atoms with Crippen LogP contribution < -0.4 is 10.2 Å². The van der Waals surface area contributed by atoms with Gasteiger partial charge in [0, 0.05) is 31.2 Å². The fourth-order valence-corrected chi connectivity index (χ4v) is 3.76. The number of hydrogen-bond donors (Lipinski definition) is 1. The normalized spacial score (nSPS) is 16.5. The summed E-state index contributed by atoms with van der Waals surface area (Å²) in [6.45, 7) is 2.11. The van der Waals surface area contributed by atoms with Crippen LogP contribution in [0.4, 0.5) is 5.95 Å². The molecule has 0 saturated carbocycles. The van der Waals surface area contributed by atoms with Gasteiger partial charge in [-0.1, -0.05) is 6.92 Å². The molecule has 0 aromatic carbocycles. The first-order valence-corrected chi connectivity index (χ1v) is 9.25. The highest BCUT2D eigenvalue weighted by atomic mass is 32.1. The second kappa shape index (κ2) is 7.25. The molecular formula is C17H23N5OS. The minimum Gasteiger partial charge on any atom is -0.347 e. The van der Waals surface area contributed by atoms with Crippen molar-refractivity contribution in [1.82, 2.24) is 20.3 Å². The quantitative estimate of drug-likeness (QED) is 0.902. The summed E-state index contributed by atoms with van der Waals surface area (Å²) in [5, 5.41) is 5.97. The van der Waals surface area contributed by atoms with E-state index in [9.17, 15) is 4.79 Å². The van der Waals surface area contributed by atoms with E-state index in [1.807, 2.05) is 30.6 Å². The predicted molar refractivity (Wildman–Crippen MR) is 95.6 cm³/mol. The standard InChI is InChI=1S/C17H23N5OS/c1-4-6-15-19-14(10-24-15)16(23)20-12-7-5-8-13-11(12)9-18-17(21-13)22(2)3/h9-10,12H,4-8H2,1-3H3,(H,20,23). The van der Waals surface area contributed by atoms with Crippen LogP contribution in [0.2, 0.25) is 0 Å². The van der Waals surface area contributed by atoms with Crippen LogP contribution in [0.25, 0.3) is 0 Å². The molecule has 2 aromatic rings. The number of aryl methyl sites for hydroxylation is 2. The highest BCUT2D eigenvalue weighted by Gasteiger charge is 2.25. The first-order chi connectivity index (χ1) is 11.6. The lowest BCUT2D eigenvalue weighted by Gasteiger charge is -2.26. The zero-order valence-corrected chi connectivity index (χ0v) is 15.2. The van der Waals surface area contributed by atoms with E-state index in [1.165, 1.54) is 0 Å². The van der Waals surface area contributed by atoms with Crippen molar-refractivity contribution in [1.29, 1.82) is 0 Å². The molecule has 0 spiro atoms. The Bertz CT molecular complexity index is 728. The minimum absolute atomic E-state index is 0.0335. The number of nitrogens with zero attached hydrogens (tertiary/aromatic N) is 4. The SMILES string of the molecule is CCCc1nc(C(=O)NC2CCCc3nc(N(C)C)ncc32)cs1. The maximum absolute atomic E-state index is 12.5. The van der Waals surface area contributed by atoms with Crippen LogP contribution in [0.1, 0.15) is 59.0 Å². The molecule has 0 radical (unpaired) electrons. The van der Waals surface area contributed by atoms with Crippen molar-refractivity contribution in [2.75, 3.05) is 19.0 Å². The molecule has 24 heavy (non-hydrogen) atoms. The first-order valence-electron chi connectivity index (χ1n) is 8.37. The molecule has 6 nitrogen and oxygen atoms in total. The number of nitrogens with one attached hydrogen (secondary N) is 1. The van der Waals surface area contributed by atoms with Crippen LogP contribution in [-0.4, -0.2) is 35.0 Å². The van der Waals surface area contributed by atoms with Gasteiger partial charge in [-0.3, -0.25) is 4.79 Å². The van der Waals surface area contributed by atoms with Crippen molar-refractivity contribution < 1.29 is 4.79 Å². The van der Waals surface area contributed by atoms with Gasteiger partial charge in [0.2, 0.25) is 5.95 Å². The number of hydrogen-bond acceptors (Lipinski definition) is 6. The monoisotopic (exact) mass is 345 g/mol. The Balaban J connectivity index is 1.75. The molecule has 1 unspecified atom stereocenters. The average molecular weight is 345 g/mol. The van der Waals surface area contributed by atoms with Gasteiger partial charge in [-0.15, -0.1) is 11.3 Å². The lowest BCUT2D eigenvalue weighted by Crippen LogP contribution is -2.32. The molecule has 0 aliphatic heterocycles. The van der Waals surface area contributed by atoms with E-state index in [1.54, 1.807) is 11.3 Å². The number of aromatic nitrogens is 3. The van der Waals surface area contributed by atoms with Crippen molar-refractivity contribution in [3.63, 3.8) is 0 Å². The Kier molecular flexibility index (Phi) is 5.08. The highest BCUT2D eigenvalue weighted by Crippen LogP contribution is 2.29. The third kappa shape index (κ3) is 3.56. The third-order valence-electron chi connectivity index (χ3n) is 4.12. The fraction of sp³-hybridized carbons (Fsp3) is 0.529. The molecule has 1 aliphatic carbocycles. The highest BCUT2D eigenvalue weighted by molar-refractivity contribution is 7.09. The first kappa shape index (κ1) is 16.8. The molecule has 2 heterocycles. The minimum atomic E-state index is -0.108. The zero-order chi connectivity index (χ0) is 17.1. The van der Waals surface area contributed by atoms with Crippen molar-refractivity contribution >= 4 is 23.2 Å². The molecular weight excluding hydrogens is 322 g/mol. The van der Waals surface area contributed by atoms with Gasteiger partial charge in [0.1, 0.15) is 5.69 Å². The Morgan fingerprint density at radius 2 is 2.25 bits per heavy atom. The maximum Gasteiger partial charge on any atom is 0.271 e. The van der Waals surface area contributed by atoms with E-state index in [4.69, 9.17) is 0 Å². The molecule has 0 bridgehead atoms.